The number of ether oxygens (including phenoxy) is 1. The number of fused-ring (bicyclic) bond motifs is 1. The fourth-order valence-electron chi connectivity index (χ4n) is 2.32. The van der Waals surface area contributed by atoms with E-state index in [1.807, 2.05) is 16.5 Å². The number of alkyl halides is 3. The maximum absolute atomic E-state index is 12.8. The first-order valence-electron chi connectivity index (χ1n) is 6.63. The van der Waals surface area contributed by atoms with Gasteiger partial charge in [0.1, 0.15) is 11.6 Å². The SMILES string of the molecule is COc1ccc2cnc(Cc3cccc(C(F)(F)F)c3)n2c1. The third kappa shape index (κ3) is 2.77. The molecule has 0 spiro atoms. The molecule has 3 rings (SSSR count). The summed E-state index contributed by atoms with van der Waals surface area (Å²) >= 11 is 0. The summed E-state index contributed by atoms with van der Waals surface area (Å²) in [5.74, 6) is 1.32. The highest BCUT2D eigenvalue weighted by Crippen LogP contribution is 2.30. The topological polar surface area (TPSA) is 26.5 Å². The van der Waals surface area contributed by atoms with Gasteiger partial charge >= 0.3 is 6.18 Å². The first-order valence-corrected chi connectivity index (χ1v) is 6.63. The molecule has 0 bridgehead atoms. The van der Waals surface area contributed by atoms with Crippen molar-refractivity contribution in [2.24, 2.45) is 0 Å². The Kier molecular flexibility index (Phi) is 3.52. The second kappa shape index (κ2) is 5.36. The van der Waals surface area contributed by atoms with Crippen molar-refractivity contribution in [2.75, 3.05) is 7.11 Å². The zero-order valence-corrected chi connectivity index (χ0v) is 11.8. The Bertz CT molecular complexity index is 809. The summed E-state index contributed by atoms with van der Waals surface area (Å²) in [4.78, 5) is 4.28. The molecule has 0 saturated heterocycles. The molecule has 1 aromatic carbocycles. The van der Waals surface area contributed by atoms with Crippen molar-refractivity contribution in [3.05, 3.63) is 65.7 Å². The third-order valence-corrected chi connectivity index (χ3v) is 3.43. The van der Waals surface area contributed by atoms with Gasteiger partial charge in [-0.1, -0.05) is 18.2 Å². The number of hydrogen-bond donors (Lipinski definition) is 0. The normalized spacial score (nSPS) is 11.8. The first kappa shape index (κ1) is 14.4. The van der Waals surface area contributed by atoms with Crippen molar-refractivity contribution < 1.29 is 17.9 Å². The Morgan fingerprint density at radius 3 is 2.73 bits per heavy atom. The van der Waals surface area contributed by atoms with Crippen LogP contribution in [-0.2, 0) is 12.6 Å². The van der Waals surface area contributed by atoms with Gasteiger partial charge in [0.15, 0.2) is 0 Å². The average Bonchev–Trinajstić information content (AvgIpc) is 2.89. The second-order valence-electron chi connectivity index (χ2n) is 4.91. The standard InChI is InChI=1S/C16H13F3N2O/c1-22-14-6-5-13-9-20-15(21(13)10-14)8-11-3-2-4-12(7-11)16(17,18)19/h2-7,9-10H,8H2,1H3. The Morgan fingerprint density at radius 2 is 2.00 bits per heavy atom. The molecule has 2 heterocycles. The molecule has 0 aliphatic carbocycles. The predicted octanol–water partition coefficient (Wildman–Crippen LogP) is 3.95. The van der Waals surface area contributed by atoms with Crippen LogP contribution >= 0.6 is 0 Å². The Balaban J connectivity index is 1.96. The molecule has 0 aliphatic heterocycles. The minimum absolute atomic E-state index is 0.311. The van der Waals surface area contributed by atoms with Crippen LogP contribution in [0.5, 0.6) is 5.75 Å². The summed E-state index contributed by atoms with van der Waals surface area (Å²) in [6, 6.07) is 8.95. The molecule has 0 N–H and O–H groups in total. The molecule has 22 heavy (non-hydrogen) atoms. The van der Waals surface area contributed by atoms with Crippen LogP contribution in [0.15, 0.2) is 48.8 Å². The molecule has 0 fully saturated rings. The van der Waals surface area contributed by atoms with E-state index in [1.165, 1.54) is 6.07 Å². The van der Waals surface area contributed by atoms with E-state index < -0.39 is 11.7 Å². The lowest BCUT2D eigenvalue weighted by Crippen LogP contribution is -2.06. The van der Waals surface area contributed by atoms with E-state index in [-0.39, 0.29) is 0 Å². The lowest BCUT2D eigenvalue weighted by Gasteiger charge is -2.09. The molecule has 0 unspecified atom stereocenters. The molecule has 3 aromatic rings. The van der Waals surface area contributed by atoms with Crippen molar-refractivity contribution in [3.63, 3.8) is 0 Å². The van der Waals surface area contributed by atoms with Gasteiger partial charge in [0.25, 0.3) is 0 Å². The summed E-state index contributed by atoms with van der Waals surface area (Å²) < 4.78 is 45.3. The van der Waals surface area contributed by atoms with Gasteiger partial charge in [-0.2, -0.15) is 13.2 Å². The fourth-order valence-corrected chi connectivity index (χ4v) is 2.32. The number of halogens is 3. The molecule has 2 aromatic heterocycles. The molecule has 0 amide bonds. The summed E-state index contributed by atoms with van der Waals surface area (Å²) in [5.41, 5.74) is 0.774. The molecule has 0 aliphatic rings. The van der Waals surface area contributed by atoms with Crippen molar-refractivity contribution in [2.45, 2.75) is 12.6 Å². The summed E-state index contributed by atoms with van der Waals surface area (Å²) in [7, 11) is 1.56. The summed E-state index contributed by atoms with van der Waals surface area (Å²) in [5, 5.41) is 0. The number of aromatic nitrogens is 2. The minimum atomic E-state index is -4.34. The van der Waals surface area contributed by atoms with Gasteiger partial charge in [-0.25, -0.2) is 4.98 Å². The molecular formula is C16H13F3N2O. The monoisotopic (exact) mass is 306 g/mol. The largest absolute Gasteiger partial charge is 0.495 e. The number of methoxy groups -OCH3 is 1. The van der Waals surface area contributed by atoms with E-state index in [9.17, 15) is 13.2 Å². The van der Waals surface area contributed by atoms with Crippen LogP contribution in [0.25, 0.3) is 5.52 Å². The molecular weight excluding hydrogens is 293 g/mol. The molecule has 0 atom stereocenters. The third-order valence-electron chi connectivity index (χ3n) is 3.43. The maximum atomic E-state index is 12.8. The molecule has 0 saturated carbocycles. The van der Waals surface area contributed by atoms with Crippen molar-refractivity contribution in [1.29, 1.82) is 0 Å². The van der Waals surface area contributed by atoms with Crippen LogP contribution < -0.4 is 4.74 Å². The number of rotatable bonds is 3. The van der Waals surface area contributed by atoms with Crippen molar-refractivity contribution in [3.8, 4) is 5.75 Å². The van der Waals surface area contributed by atoms with Crippen LogP contribution in [0, 0.1) is 0 Å². The molecule has 0 radical (unpaired) electrons. The Hall–Kier alpha value is -2.50. The Labute approximate surface area is 125 Å². The van der Waals surface area contributed by atoms with E-state index in [1.54, 1.807) is 25.6 Å². The lowest BCUT2D eigenvalue weighted by molar-refractivity contribution is -0.137. The molecule has 114 valence electrons. The fraction of sp³-hybridized carbons (Fsp3) is 0.188. The number of pyridine rings is 1. The van der Waals surface area contributed by atoms with Gasteiger partial charge in [-0.05, 0) is 23.8 Å². The van der Waals surface area contributed by atoms with Crippen LogP contribution in [0.4, 0.5) is 13.2 Å². The molecule has 3 nitrogen and oxygen atoms in total. The van der Waals surface area contributed by atoms with Crippen LogP contribution in [0.1, 0.15) is 17.0 Å². The van der Waals surface area contributed by atoms with E-state index in [0.717, 1.165) is 17.6 Å². The number of imidazole rings is 1. The minimum Gasteiger partial charge on any atom is -0.495 e. The van der Waals surface area contributed by atoms with Gasteiger partial charge in [0.2, 0.25) is 0 Å². The Morgan fingerprint density at radius 1 is 1.18 bits per heavy atom. The quantitative estimate of drug-likeness (QED) is 0.732. The highest BCUT2D eigenvalue weighted by Gasteiger charge is 2.30. The lowest BCUT2D eigenvalue weighted by atomic mass is 10.1. The zero-order chi connectivity index (χ0) is 15.7. The second-order valence-corrected chi connectivity index (χ2v) is 4.91. The number of nitrogens with zero attached hydrogens (tertiary/aromatic N) is 2. The first-order chi connectivity index (χ1) is 10.5. The highest BCUT2D eigenvalue weighted by atomic mass is 19.4. The summed E-state index contributed by atoms with van der Waals surface area (Å²) in [6.45, 7) is 0. The van der Waals surface area contributed by atoms with Crippen molar-refractivity contribution in [1.82, 2.24) is 9.38 Å². The van der Waals surface area contributed by atoms with Crippen LogP contribution in [0.2, 0.25) is 0 Å². The predicted molar refractivity (Wildman–Crippen MR) is 76.0 cm³/mol. The average molecular weight is 306 g/mol. The zero-order valence-electron chi connectivity index (χ0n) is 11.8. The smallest absolute Gasteiger partial charge is 0.416 e. The van der Waals surface area contributed by atoms with E-state index in [4.69, 9.17) is 4.74 Å². The van der Waals surface area contributed by atoms with E-state index in [2.05, 4.69) is 4.98 Å². The van der Waals surface area contributed by atoms with Crippen LogP contribution in [-0.4, -0.2) is 16.5 Å². The number of hydrogen-bond acceptors (Lipinski definition) is 2. The number of benzene rings is 1. The van der Waals surface area contributed by atoms with Gasteiger partial charge in [0, 0.05) is 6.42 Å². The highest BCUT2D eigenvalue weighted by molar-refractivity contribution is 5.48. The van der Waals surface area contributed by atoms with Crippen molar-refractivity contribution >= 4 is 5.52 Å². The van der Waals surface area contributed by atoms with Gasteiger partial charge in [0.05, 0.1) is 30.6 Å². The van der Waals surface area contributed by atoms with Gasteiger partial charge in [-0.3, -0.25) is 4.40 Å². The van der Waals surface area contributed by atoms with E-state index >= 15 is 0 Å². The van der Waals surface area contributed by atoms with Gasteiger partial charge < -0.3 is 4.74 Å². The van der Waals surface area contributed by atoms with E-state index in [0.29, 0.717) is 23.6 Å². The van der Waals surface area contributed by atoms with Crippen LogP contribution in [0.3, 0.4) is 0 Å². The maximum Gasteiger partial charge on any atom is 0.416 e. The molecule has 6 heteroatoms. The summed E-state index contributed by atoms with van der Waals surface area (Å²) in [6.07, 6.45) is -0.577. The van der Waals surface area contributed by atoms with Gasteiger partial charge in [-0.15, -0.1) is 0 Å².